The second kappa shape index (κ2) is 8.40. The molecule has 0 radical (unpaired) electrons. The molecule has 0 unspecified atom stereocenters. The van der Waals surface area contributed by atoms with Gasteiger partial charge in [-0.2, -0.15) is 5.26 Å². The fraction of sp³-hybridized carbons (Fsp3) is 0.160. The molecular weight excluding hydrogens is 425 g/mol. The van der Waals surface area contributed by atoms with E-state index in [4.69, 9.17) is 4.42 Å². The van der Waals surface area contributed by atoms with E-state index >= 15 is 0 Å². The van der Waals surface area contributed by atoms with E-state index in [0.29, 0.717) is 16.1 Å². The third-order valence-corrected chi connectivity index (χ3v) is 6.68. The van der Waals surface area contributed by atoms with Gasteiger partial charge in [0.05, 0.1) is 11.3 Å². The molecule has 5 nitrogen and oxygen atoms in total. The number of carbonyl (C=O) groups excluding carboxylic acids is 1. The molecule has 2 aromatic carbocycles. The second-order valence-electron chi connectivity index (χ2n) is 7.55. The first kappa shape index (κ1) is 20.2. The quantitative estimate of drug-likeness (QED) is 0.430. The van der Waals surface area contributed by atoms with E-state index in [9.17, 15) is 14.4 Å². The van der Waals surface area contributed by atoms with E-state index in [1.807, 2.05) is 18.2 Å². The number of amides is 1. The molecule has 2 heterocycles. The zero-order valence-electron chi connectivity index (χ0n) is 17.0. The summed E-state index contributed by atoms with van der Waals surface area (Å²) < 4.78 is 20.1. The number of nitriles is 1. The summed E-state index contributed by atoms with van der Waals surface area (Å²) >= 11 is 1.47. The summed E-state index contributed by atoms with van der Waals surface area (Å²) in [4.78, 5) is 18.9. The van der Waals surface area contributed by atoms with E-state index in [-0.39, 0.29) is 16.8 Å². The number of nitrogens with zero attached hydrogens (tertiary/aromatic N) is 2. The lowest BCUT2D eigenvalue weighted by molar-refractivity contribution is 0.102. The third-order valence-electron chi connectivity index (χ3n) is 5.49. The molecule has 1 aliphatic carbocycles. The van der Waals surface area contributed by atoms with Gasteiger partial charge in [0.25, 0.3) is 5.91 Å². The first-order valence-corrected chi connectivity index (χ1v) is 11.1. The largest absolute Gasteiger partial charge is 0.437 e. The van der Waals surface area contributed by atoms with E-state index in [2.05, 4.69) is 16.4 Å². The van der Waals surface area contributed by atoms with Gasteiger partial charge in [0.15, 0.2) is 0 Å². The Labute approximate surface area is 187 Å². The maximum atomic E-state index is 14.1. The van der Waals surface area contributed by atoms with Gasteiger partial charge in [0.2, 0.25) is 5.55 Å². The van der Waals surface area contributed by atoms with Crippen LogP contribution < -0.4 is 10.9 Å². The van der Waals surface area contributed by atoms with Crippen molar-refractivity contribution in [1.82, 2.24) is 0 Å². The molecular formula is C25H18FN3O2S. The summed E-state index contributed by atoms with van der Waals surface area (Å²) in [7, 11) is 0. The third kappa shape index (κ3) is 3.70. The van der Waals surface area contributed by atoms with Crippen LogP contribution in [0.2, 0.25) is 0 Å². The molecule has 32 heavy (non-hydrogen) atoms. The molecule has 0 bridgehead atoms. The Hall–Kier alpha value is -3.76. The van der Waals surface area contributed by atoms with E-state index in [1.54, 1.807) is 24.3 Å². The summed E-state index contributed by atoms with van der Waals surface area (Å²) in [5.74, 6) is -1.07. The van der Waals surface area contributed by atoms with E-state index < -0.39 is 11.7 Å². The number of rotatable bonds is 3. The molecule has 0 saturated heterocycles. The molecule has 7 heteroatoms. The second-order valence-corrected chi connectivity index (χ2v) is 8.64. The molecule has 1 amide bonds. The van der Waals surface area contributed by atoms with Crippen LogP contribution in [0, 0.1) is 17.1 Å². The Balaban J connectivity index is 1.67. The molecule has 5 rings (SSSR count). The summed E-state index contributed by atoms with van der Waals surface area (Å²) in [6.07, 6.45) is 3.93. The van der Waals surface area contributed by atoms with Crippen molar-refractivity contribution in [2.45, 2.75) is 25.7 Å². The predicted molar refractivity (Wildman–Crippen MR) is 121 cm³/mol. The molecule has 0 aliphatic heterocycles. The van der Waals surface area contributed by atoms with Crippen molar-refractivity contribution < 1.29 is 13.6 Å². The Morgan fingerprint density at radius 3 is 2.75 bits per heavy atom. The zero-order chi connectivity index (χ0) is 22.1. The highest BCUT2D eigenvalue weighted by Crippen LogP contribution is 2.39. The lowest BCUT2D eigenvalue weighted by Gasteiger charge is -2.09. The predicted octanol–water partition coefficient (Wildman–Crippen LogP) is 5.87. The molecule has 0 atom stereocenters. The number of anilines is 1. The van der Waals surface area contributed by atoms with Crippen LogP contribution in [0.1, 0.15) is 39.2 Å². The molecule has 0 spiro atoms. The Bertz CT molecular complexity index is 1460. The van der Waals surface area contributed by atoms with Gasteiger partial charge in [-0.15, -0.1) is 11.3 Å². The first-order valence-electron chi connectivity index (χ1n) is 10.3. The van der Waals surface area contributed by atoms with Gasteiger partial charge in [-0.1, -0.05) is 30.3 Å². The number of hydrogen-bond donors (Lipinski definition) is 1. The number of para-hydroxylation sites is 2. The summed E-state index contributed by atoms with van der Waals surface area (Å²) in [5, 5.41) is 13.6. The number of halogens is 1. The van der Waals surface area contributed by atoms with Gasteiger partial charge in [-0.25, -0.2) is 9.38 Å². The van der Waals surface area contributed by atoms with Gasteiger partial charge in [0, 0.05) is 10.3 Å². The molecule has 0 fully saturated rings. The molecule has 1 aliphatic rings. The topological polar surface area (TPSA) is 78.4 Å². The zero-order valence-corrected chi connectivity index (χ0v) is 17.8. The lowest BCUT2D eigenvalue weighted by atomic mass is 9.96. The minimum Gasteiger partial charge on any atom is -0.437 e. The maximum absolute atomic E-state index is 14.1. The highest BCUT2D eigenvalue weighted by Gasteiger charge is 2.21. The van der Waals surface area contributed by atoms with Crippen LogP contribution in [0.4, 0.5) is 15.1 Å². The molecule has 4 aromatic rings. The number of fused-ring (bicyclic) bond motifs is 2. The van der Waals surface area contributed by atoms with Gasteiger partial charge < -0.3 is 9.73 Å². The Morgan fingerprint density at radius 2 is 1.91 bits per heavy atom. The summed E-state index contributed by atoms with van der Waals surface area (Å²) in [6, 6.07) is 17.2. The highest BCUT2D eigenvalue weighted by atomic mass is 32.1. The van der Waals surface area contributed by atoms with E-state index in [1.165, 1.54) is 28.3 Å². The van der Waals surface area contributed by atoms with Crippen molar-refractivity contribution in [3.8, 4) is 6.07 Å². The van der Waals surface area contributed by atoms with Crippen molar-refractivity contribution in [3.05, 3.63) is 87.5 Å². The van der Waals surface area contributed by atoms with Crippen molar-refractivity contribution in [2.24, 2.45) is 4.99 Å². The molecule has 1 N–H and O–H groups in total. The highest BCUT2D eigenvalue weighted by molar-refractivity contribution is 7.16. The number of hydrogen-bond acceptors (Lipinski definition) is 5. The maximum Gasteiger partial charge on any atom is 0.261 e. The monoisotopic (exact) mass is 443 g/mol. The van der Waals surface area contributed by atoms with Gasteiger partial charge in [-0.05, 0) is 55.5 Å². The van der Waals surface area contributed by atoms with Crippen LogP contribution in [0.15, 0.2) is 64.0 Å². The first-order chi connectivity index (χ1) is 15.6. The van der Waals surface area contributed by atoms with Crippen molar-refractivity contribution >= 4 is 38.9 Å². The van der Waals surface area contributed by atoms with Crippen molar-refractivity contribution in [3.63, 3.8) is 0 Å². The minimum atomic E-state index is -0.539. The summed E-state index contributed by atoms with van der Waals surface area (Å²) in [5.41, 5.74) is 2.50. The van der Waals surface area contributed by atoms with Gasteiger partial charge in [0.1, 0.15) is 28.0 Å². The molecule has 2 aromatic heterocycles. The minimum absolute atomic E-state index is 0.0703. The van der Waals surface area contributed by atoms with Crippen LogP contribution in [0.25, 0.3) is 11.0 Å². The number of thiophene rings is 1. The normalized spacial score (nSPS) is 13.6. The SMILES string of the molecule is N#Cc1c(N=c2oc3ccccc3cc2C(=O)Nc2ccccc2F)sc2c1CCCC2. The van der Waals surface area contributed by atoms with Crippen molar-refractivity contribution in [1.29, 1.82) is 5.26 Å². The summed E-state index contributed by atoms with van der Waals surface area (Å²) in [6.45, 7) is 0. The van der Waals surface area contributed by atoms with Crippen LogP contribution in [0.5, 0.6) is 0 Å². The lowest BCUT2D eigenvalue weighted by Crippen LogP contribution is -2.22. The van der Waals surface area contributed by atoms with E-state index in [0.717, 1.165) is 36.6 Å². The number of nitrogens with one attached hydrogen (secondary N) is 1. The smallest absolute Gasteiger partial charge is 0.261 e. The molecule has 158 valence electrons. The van der Waals surface area contributed by atoms with Crippen LogP contribution in [-0.2, 0) is 12.8 Å². The van der Waals surface area contributed by atoms with Crippen LogP contribution in [0.3, 0.4) is 0 Å². The number of benzene rings is 2. The van der Waals surface area contributed by atoms with Gasteiger partial charge in [-0.3, -0.25) is 4.79 Å². The Morgan fingerprint density at radius 1 is 1.12 bits per heavy atom. The number of aryl methyl sites for hydroxylation is 1. The number of carbonyl (C=O) groups is 1. The standard InChI is InChI=1S/C25H18FN3O2S/c26-19-9-3-4-10-20(19)28-23(30)17-13-15-7-1-5-11-21(15)31-24(17)29-25-18(14-27)16-8-2-6-12-22(16)32-25/h1,3-5,7,9-11,13H,2,6,8,12H2,(H,28,30). The molecule has 0 saturated carbocycles. The van der Waals surface area contributed by atoms with Crippen LogP contribution in [-0.4, -0.2) is 5.91 Å². The fourth-order valence-electron chi connectivity index (χ4n) is 3.90. The average Bonchev–Trinajstić information content (AvgIpc) is 3.17. The fourth-order valence-corrected chi connectivity index (χ4v) is 5.11. The Kier molecular flexibility index (Phi) is 5.29. The van der Waals surface area contributed by atoms with Crippen molar-refractivity contribution in [2.75, 3.05) is 5.32 Å². The van der Waals surface area contributed by atoms with Gasteiger partial charge >= 0.3 is 0 Å². The van der Waals surface area contributed by atoms with Crippen LogP contribution >= 0.6 is 11.3 Å². The average molecular weight is 444 g/mol.